The smallest absolute Gasteiger partial charge is 0.363 e. The molecule has 8 nitrogen and oxygen atoms in total. The Hall–Kier alpha value is -3.26. The molecule has 0 unspecified atom stereocenters. The molecular weight excluding hydrogens is 657 g/mol. The van der Waals surface area contributed by atoms with Gasteiger partial charge in [0.15, 0.2) is 8.24 Å². The summed E-state index contributed by atoms with van der Waals surface area (Å²) in [6.45, 7) is 14.5. The molecule has 4 aromatic rings. The molecule has 4 rings (SSSR count). The summed E-state index contributed by atoms with van der Waals surface area (Å²) >= 11 is 5.76. The molecule has 0 amide bonds. The van der Waals surface area contributed by atoms with Crippen LogP contribution in [0.3, 0.4) is 0 Å². The number of sulfonamides is 1. The molecule has 0 bridgehead atoms. The number of anilines is 1. The fourth-order valence-electron chi connectivity index (χ4n) is 6.92. The van der Waals surface area contributed by atoms with E-state index in [-0.39, 0.29) is 11.4 Å². The zero-order valence-corrected chi connectivity index (χ0v) is 29.5. The summed E-state index contributed by atoms with van der Waals surface area (Å²) in [5.41, 5.74) is 0.918. The highest BCUT2D eigenvalue weighted by Crippen LogP contribution is 2.44. The SMILES string of the molecule is COCN(c1cccnc1C(=O)c1c(C)cnc2c1ccn2[Si](C(C)C)(C(C)C)C(C)C)S(=O)(=O)c1ccc(Cl)c(C(F)(F)F)c1. The van der Waals surface area contributed by atoms with Crippen LogP contribution in [0, 0.1) is 6.92 Å². The maximum Gasteiger partial charge on any atom is 0.417 e. The van der Waals surface area contributed by atoms with Gasteiger partial charge in [-0.2, -0.15) is 13.2 Å². The summed E-state index contributed by atoms with van der Waals surface area (Å²) in [7, 11) is -5.73. The highest BCUT2D eigenvalue weighted by molar-refractivity contribution is 7.92. The summed E-state index contributed by atoms with van der Waals surface area (Å²) < 4.78 is 76.9. The number of rotatable bonds is 11. The summed E-state index contributed by atoms with van der Waals surface area (Å²) in [4.78, 5) is 22.8. The van der Waals surface area contributed by atoms with Crippen LogP contribution in [0.2, 0.25) is 21.6 Å². The van der Waals surface area contributed by atoms with Crippen LogP contribution in [0.5, 0.6) is 0 Å². The molecule has 0 aliphatic rings. The van der Waals surface area contributed by atoms with Crippen LogP contribution in [0.4, 0.5) is 18.9 Å². The van der Waals surface area contributed by atoms with Gasteiger partial charge in [0.05, 0.1) is 21.2 Å². The van der Waals surface area contributed by atoms with Crippen molar-refractivity contribution in [3.8, 4) is 0 Å². The lowest BCUT2D eigenvalue weighted by Gasteiger charge is -2.44. The number of nitrogens with zero attached hydrogens (tertiary/aromatic N) is 4. The van der Waals surface area contributed by atoms with Gasteiger partial charge in [0.2, 0.25) is 5.78 Å². The van der Waals surface area contributed by atoms with E-state index in [0.29, 0.717) is 44.9 Å². The van der Waals surface area contributed by atoms with Gasteiger partial charge in [-0.3, -0.25) is 9.78 Å². The van der Waals surface area contributed by atoms with Crippen LogP contribution in [0.1, 0.15) is 68.7 Å². The molecule has 0 radical (unpaired) electrons. The number of ketones is 1. The molecule has 0 spiro atoms. The molecule has 46 heavy (non-hydrogen) atoms. The fourth-order valence-corrected chi connectivity index (χ4v) is 15.1. The Bertz CT molecular complexity index is 1860. The maximum absolute atomic E-state index is 14.4. The van der Waals surface area contributed by atoms with Gasteiger partial charge in [0.1, 0.15) is 18.1 Å². The van der Waals surface area contributed by atoms with E-state index in [1.807, 2.05) is 12.3 Å². The van der Waals surface area contributed by atoms with Crippen molar-refractivity contribution in [3.63, 3.8) is 0 Å². The molecule has 0 fully saturated rings. The zero-order chi connectivity index (χ0) is 34.4. The van der Waals surface area contributed by atoms with Crippen molar-refractivity contribution in [3.05, 3.63) is 82.4 Å². The van der Waals surface area contributed by atoms with Crippen molar-refractivity contribution in [2.45, 2.75) is 76.2 Å². The second-order valence-corrected chi connectivity index (χ2v) is 20.2. The lowest BCUT2D eigenvalue weighted by atomic mass is 10.00. The Morgan fingerprint density at radius 2 is 1.67 bits per heavy atom. The number of ether oxygens (including phenoxy) is 1. The van der Waals surface area contributed by atoms with Crippen molar-refractivity contribution in [1.29, 1.82) is 0 Å². The highest BCUT2D eigenvalue weighted by atomic mass is 35.5. The maximum atomic E-state index is 14.4. The first-order valence-corrected chi connectivity index (χ1v) is 18.8. The minimum atomic E-state index is -4.90. The molecule has 248 valence electrons. The Kier molecular flexibility index (Phi) is 10.1. The van der Waals surface area contributed by atoms with E-state index in [1.54, 1.807) is 13.1 Å². The monoisotopic (exact) mass is 694 g/mol. The van der Waals surface area contributed by atoms with Crippen LogP contribution in [0.15, 0.2) is 59.9 Å². The second-order valence-electron chi connectivity index (χ2n) is 12.2. The molecule has 0 saturated carbocycles. The number of hydrogen-bond acceptors (Lipinski definition) is 6. The van der Waals surface area contributed by atoms with Crippen molar-refractivity contribution in [2.24, 2.45) is 0 Å². The third-order valence-corrected chi connectivity index (χ3v) is 17.5. The van der Waals surface area contributed by atoms with Crippen LogP contribution < -0.4 is 4.31 Å². The number of hydrogen-bond donors (Lipinski definition) is 0. The number of carbonyl (C=O) groups is 1. The highest BCUT2D eigenvalue weighted by Gasteiger charge is 2.46. The van der Waals surface area contributed by atoms with Crippen molar-refractivity contribution >= 4 is 52.4 Å². The summed E-state index contributed by atoms with van der Waals surface area (Å²) in [5, 5.41) is -0.0420. The number of halogens is 4. The van der Waals surface area contributed by atoms with E-state index in [0.717, 1.165) is 16.4 Å². The van der Waals surface area contributed by atoms with E-state index in [1.165, 1.54) is 25.4 Å². The standard InChI is InChI=1S/C32H38ClF3N4O4SSi/c1-19(2)46(20(3)4,21(5)6)40-15-13-24-28(22(7)17-38-31(24)40)30(41)29-27(10-9-14-37-29)39(18-44-8)45(42,43)23-11-12-26(33)25(16-23)32(34,35)36/h9-17,19-21H,18H2,1-8H3. The lowest BCUT2D eigenvalue weighted by molar-refractivity contribution is -0.137. The van der Waals surface area contributed by atoms with Crippen LogP contribution in [0.25, 0.3) is 11.0 Å². The molecule has 1 aromatic carbocycles. The van der Waals surface area contributed by atoms with Crippen LogP contribution in [-0.2, 0) is 20.9 Å². The molecular formula is C32H38ClF3N4O4SSi. The van der Waals surface area contributed by atoms with Gasteiger partial charge >= 0.3 is 6.18 Å². The van der Waals surface area contributed by atoms with Crippen molar-refractivity contribution in [1.82, 2.24) is 14.2 Å². The zero-order valence-electron chi connectivity index (χ0n) is 27.0. The molecule has 0 saturated heterocycles. The van der Waals surface area contributed by atoms with Gasteiger partial charge in [-0.15, -0.1) is 0 Å². The number of pyridine rings is 2. The van der Waals surface area contributed by atoms with E-state index >= 15 is 0 Å². The minimum absolute atomic E-state index is 0.156. The average molecular weight is 695 g/mol. The number of aryl methyl sites for hydroxylation is 1. The molecule has 0 aliphatic heterocycles. The third-order valence-electron chi connectivity index (χ3n) is 8.67. The quantitative estimate of drug-likeness (QED) is 0.0888. The third kappa shape index (κ3) is 5.98. The van der Waals surface area contributed by atoms with Crippen molar-refractivity contribution < 1.29 is 31.1 Å². The molecule has 3 aromatic heterocycles. The minimum Gasteiger partial charge on any atom is -0.363 e. The lowest BCUT2D eigenvalue weighted by Crippen LogP contribution is -2.51. The van der Waals surface area contributed by atoms with Crippen LogP contribution >= 0.6 is 11.6 Å². The molecule has 0 aliphatic carbocycles. The van der Waals surface area contributed by atoms with E-state index in [2.05, 4.69) is 50.8 Å². The Morgan fingerprint density at radius 3 is 2.24 bits per heavy atom. The number of methoxy groups -OCH3 is 1. The Balaban J connectivity index is 1.93. The second kappa shape index (κ2) is 13.1. The number of alkyl halides is 3. The van der Waals surface area contributed by atoms with Gasteiger partial charge in [0.25, 0.3) is 10.0 Å². The normalized spacial score (nSPS) is 12.9. The number of fused-ring (bicyclic) bond motifs is 1. The summed E-state index contributed by atoms with van der Waals surface area (Å²) in [5.74, 6) is -0.562. The van der Waals surface area contributed by atoms with E-state index in [4.69, 9.17) is 21.3 Å². The first kappa shape index (κ1) is 35.6. The van der Waals surface area contributed by atoms with Gasteiger partial charge in [-0.05, 0) is 71.7 Å². The first-order chi connectivity index (χ1) is 21.4. The van der Waals surface area contributed by atoms with Gasteiger partial charge in [0, 0.05) is 30.5 Å². The molecule has 0 N–H and O–H groups in total. The first-order valence-electron chi connectivity index (χ1n) is 14.8. The molecule has 3 heterocycles. The largest absolute Gasteiger partial charge is 0.417 e. The Labute approximate surface area is 273 Å². The van der Waals surface area contributed by atoms with Gasteiger partial charge in [-0.25, -0.2) is 17.7 Å². The number of aromatic nitrogens is 3. The number of carbonyl (C=O) groups excluding carboxylic acids is 1. The molecule has 14 heteroatoms. The predicted octanol–water partition coefficient (Wildman–Crippen LogP) is 8.47. The van der Waals surface area contributed by atoms with Gasteiger partial charge < -0.3 is 8.97 Å². The van der Waals surface area contributed by atoms with Crippen LogP contribution in [-0.4, -0.2) is 50.5 Å². The number of benzene rings is 1. The molecule has 0 atom stereocenters. The Morgan fingerprint density at radius 1 is 1.04 bits per heavy atom. The van der Waals surface area contributed by atoms with E-state index < -0.39 is 52.4 Å². The topological polar surface area (TPSA) is 94.4 Å². The average Bonchev–Trinajstić information content (AvgIpc) is 3.38. The van der Waals surface area contributed by atoms with Gasteiger partial charge in [-0.1, -0.05) is 53.1 Å². The summed E-state index contributed by atoms with van der Waals surface area (Å²) in [6, 6.07) is 6.98. The predicted molar refractivity (Wildman–Crippen MR) is 177 cm³/mol. The summed E-state index contributed by atoms with van der Waals surface area (Å²) in [6.07, 6.45) is 0.0855. The van der Waals surface area contributed by atoms with Crippen molar-refractivity contribution in [2.75, 3.05) is 18.1 Å². The fraction of sp³-hybridized carbons (Fsp3) is 0.406. The van der Waals surface area contributed by atoms with E-state index in [9.17, 15) is 26.4 Å².